The molecule has 3 heterocycles. The van der Waals surface area contributed by atoms with Crippen LogP contribution < -0.4 is 0 Å². The molecule has 0 bridgehead atoms. The zero-order valence-electron chi connectivity index (χ0n) is 11.9. The standard InChI is InChI=1S/C13H17N5O2S/c1-9-8-10(12-14-5-6-15-12)17-13(16-9)11-4-3-7-18(11)21(2,19)20/h5-6,8,11H,3-4,7H2,1-2H3,(H,14,15)/t11-/m0/s1. The molecule has 1 aliphatic heterocycles. The van der Waals surface area contributed by atoms with Gasteiger partial charge in [0.1, 0.15) is 11.5 Å². The van der Waals surface area contributed by atoms with Gasteiger partial charge in [-0.25, -0.2) is 23.4 Å². The lowest BCUT2D eigenvalue weighted by molar-refractivity contribution is 0.386. The number of aryl methyl sites for hydroxylation is 1. The average molecular weight is 307 g/mol. The highest BCUT2D eigenvalue weighted by molar-refractivity contribution is 7.88. The maximum Gasteiger partial charge on any atom is 0.211 e. The summed E-state index contributed by atoms with van der Waals surface area (Å²) in [6.45, 7) is 2.40. The molecule has 21 heavy (non-hydrogen) atoms. The van der Waals surface area contributed by atoms with Gasteiger partial charge in [0.2, 0.25) is 10.0 Å². The van der Waals surface area contributed by atoms with E-state index in [1.54, 1.807) is 12.4 Å². The Bertz CT molecular complexity index is 742. The lowest BCUT2D eigenvalue weighted by Crippen LogP contribution is -2.30. The molecule has 0 unspecified atom stereocenters. The summed E-state index contributed by atoms with van der Waals surface area (Å²) in [6.07, 6.45) is 6.18. The van der Waals surface area contributed by atoms with E-state index >= 15 is 0 Å². The molecule has 0 saturated carbocycles. The molecular weight excluding hydrogens is 290 g/mol. The first kappa shape index (κ1) is 14.2. The molecule has 112 valence electrons. The Hall–Kier alpha value is -1.80. The molecule has 0 radical (unpaired) electrons. The van der Waals surface area contributed by atoms with Gasteiger partial charge < -0.3 is 4.98 Å². The summed E-state index contributed by atoms with van der Waals surface area (Å²) in [5.74, 6) is 1.20. The van der Waals surface area contributed by atoms with Crippen molar-refractivity contribution in [2.75, 3.05) is 12.8 Å². The van der Waals surface area contributed by atoms with Gasteiger partial charge in [0.15, 0.2) is 5.82 Å². The highest BCUT2D eigenvalue weighted by atomic mass is 32.2. The second-order valence-corrected chi connectivity index (χ2v) is 7.16. The lowest BCUT2D eigenvalue weighted by atomic mass is 10.2. The first-order chi connectivity index (χ1) is 9.95. The number of nitrogens with zero attached hydrogens (tertiary/aromatic N) is 4. The Balaban J connectivity index is 2.03. The summed E-state index contributed by atoms with van der Waals surface area (Å²) >= 11 is 0. The van der Waals surface area contributed by atoms with Gasteiger partial charge in [-0.2, -0.15) is 4.31 Å². The van der Waals surface area contributed by atoms with E-state index in [0.29, 0.717) is 23.9 Å². The maximum atomic E-state index is 11.9. The third-order valence-corrected chi connectivity index (χ3v) is 4.83. The molecule has 1 atom stereocenters. The van der Waals surface area contributed by atoms with Crippen molar-refractivity contribution in [3.63, 3.8) is 0 Å². The number of sulfonamides is 1. The van der Waals surface area contributed by atoms with Crippen LogP contribution in [0.25, 0.3) is 11.5 Å². The summed E-state index contributed by atoms with van der Waals surface area (Å²) in [5.41, 5.74) is 1.48. The summed E-state index contributed by atoms with van der Waals surface area (Å²) < 4.78 is 25.2. The van der Waals surface area contributed by atoms with E-state index in [9.17, 15) is 8.42 Å². The average Bonchev–Trinajstić information content (AvgIpc) is 3.09. The predicted octanol–water partition coefficient (Wildman–Crippen LogP) is 1.27. The van der Waals surface area contributed by atoms with Crippen LogP contribution in [0.3, 0.4) is 0 Å². The lowest BCUT2D eigenvalue weighted by Gasteiger charge is -2.21. The highest BCUT2D eigenvalue weighted by Crippen LogP contribution is 2.32. The van der Waals surface area contributed by atoms with Gasteiger partial charge in [-0.05, 0) is 25.8 Å². The Morgan fingerprint density at radius 3 is 2.86 bits per heavy atom. The fourth-order valence-corrected chi connectivity index (χ4v) is 3.79. The molecule has 0 aromatic carbocycles. The van der Waals surface area contributed by atoms with E-state index in [4.69, 9.17) is 0 Å². The monoisotopic (exact) mass is 307 g/mol. The van der Waals surface area contributed by atoms with Gasteiger partial charge in [0, 0.05) is 24.6 Å². The first-order valence-electron chi connectivity index (χ1n) is 6.77. The molecule has 1 N–H and O–H groups in total. The molecular formula is C13H17N5O2S. The first-order valence-corrected chi connectivity index (χ1v) is 8.62. The second kappa shape index (κ2) is 5.19. The minimum Gasteiger partial charge on any atom is -0.343 e. The Kier molecular flexibility index (Phi) is 3.50. The maximum absolute atomic E-state index is 11.9. The van der Waals surface area contributed by atoms with E-state index in [1.165, 1.54) is 10.6 Å². The van der Waals surface area contributed by atoms with E-state index in [1.807, 2.05) is 13.0 Å². The van der Waals surface area contributed by atoms with E-state index in [-0.39, 0.29) is 6.04 Å². The number of H-pyrrole nitrogens is 1. The SMILES string of the molecule is Cc1cc(-c2ncc[nH]2)nc([C@@H]2CCCN2S(C)(=O)=O)n1. The molecule has 2 aromatic heterocycles. The van der Waals surface area contributed by atoms with Crippen molar-refractivity contribution >= 4 is 10.0 Å². The van der Waals surface area contributed by atoms with Gasteiger partial charge in [0.25, 0.3) is 0 Å². The molecule has 8 heteroatoms. The number of aromatic nitrogens is 4. The van der Waals surface area contributed by atoms with Crippen molar-refractivity contribution in [1.29, 1.82) is 0 Å². The van der Waals surface area contributed by atoms with Crippen LogP contribution in [0.2, 0.25) is 0 Å². The Labute approximate surface area is 123 Å². The number of imidazole rings is 1. The van der Waals surface area contributed by atoms with Crippen molar-refractivity contribution in [2.45, 2.75) is 25.8 Å². The van der Waals surface area contributed by atoms with Gasteiger partial charge in [0.05, 0.1) is 12.3 Å². The van der Waals surface area contributed by atoms with E-state index in [2.05, 4.69) is 19.9 Å². The summed E-state index contributed by atoms with van der Waals surface area (Å²) in [7, 11) is -3.25. The van der Waals surface area contributed by atoms with Gasteiger partial charge >= 0.3 is 0 Å². The molecule has 1 saturated heterocycles. The number of hydrogen-bond donors (Lipinski definition) is 1. The zero-order chi connectivity index (χ0) is 15.0. The van der Waals surface area contributed by atoms with Crippen molar-refractivity contribution in [3.8, 4) is 11.5 Å². The van der Waals surface area contributed by atoms with Crippen molar-refractivity contribution in [2.24, 2.45) is 0 Å². The molecule has 7 nitrogen and oxygen atoms in total. The van der Waals surface area contributed by atoms with Crippen LogP contribution in [0.15, 0.2) is 18.5 Å². The fraction of sp³-hybridized carbons (Fsp3) is 0.462. The highest BCUT2D eigenvalue weighted by Gasteiger charge is 2.34. The van der Waals surface area contributed by atoms with Crippen LogP contribution in [0.1, 0.15) is 30.4 Å². The van der Waals surface area contributed by atoms with Crippen LogP contribution in [0, 0.1) is 6.92 Å². The molecule has 1 fully saturated rings. The number of hydrogen-bond acceptors (Lipinski definition) is 5. The van der Waals surface area contributed by atoms with Crippen molar-refractivity contribution in [1.82, 2.24) is 24.2 Å². The third kappa shape index (κ3) is 2.81. The molecule has 2 aromatic rings. The largest absolute Gasteiger partial charge is 0.343 e. The van der Waals surface area contributed by atoms with Crippen LogP contribution in [0.4, 0.5) is 0 Å². The molecule has 1 aliphatic rings. The third-order valence-electron chi connectivity index (χ3n) is 3.54. The topological polar surface area (TPSA) is 91.8 Å². The minimum atomic E-state index is -3.25. The molecule has 0 amide bonds. The van der Waals surface area contributed by atoms with E-state index < -0.39 is 10.0 Å². The summed E-state index contributed by atoms with van der Waals surface area (Å²) in [4.78, 5) is 16.1. The smallest absolute Gasteiger partial charge is 0.211 e. The van der Waals surface area contributed by atoms with Crippen LogP contribution in [-0.2, 0) is 10.0 Å². The number of rotatable bonds is 3. The van der Waals surface area contributed by atoms with Gasteiger partial charge in [-0.3, -0.25) is 0 Å². The van der Waals surface area contributed by atoms with E-state index in [0.717, 1.165) is 18.5 Å². The van der Waals surface area contributed by atoms with Crippen LogP contribution >= 0.6 is 0 Å². The molecule has 3 rings (SSSR count). The second-order valence-electron chi connectivity index (χ2n) is 5.22. The number of aromatic amines is 1. The number of nitrogens with one attached hydrogen (secondary N) is 1. The van der Waals surface area contributed by atoms with Gasteiger partial charge in [-0.1, -0.05) is 0 Å². The fourth-order valence-electron chi connectivity index (χ4n) is 2.66. The minimum absolute atomic E-state index is 0.284. The predicted molar refractivity (Wildman–Crippen MR) is 77.9 cm³/mol. The zero-order valence-corrected chi connectivity index (χ0v) is 12.8. The quantitative estimate of drug-likeness (QED) is 0.922. The summed E-state index contributed by atoms with van der Waals surface area (Å²) in [5, 5.41) is 0. The normalized spacial score (nSPS) is 20.0. The van der Waals surface area contributed by atoms with Crippen molar-refractivity contribution in [3.05, 3.63) is 30.0 Å². The Morgan fingerprint density at radius 2 is 2.19 bits per heavy atom. The van der Waals surface area contributed by atoms with Crippen molar-refractivity contribution < 1.29 is 8.42 Å². The molecule has 0 spiro atoms. The Morgan fingerprint density at radius 1 is 1.38 bits per heavy atom. The van der Waals surface area contributed by atoms with Crippen LogP contribution in [-0.4, -0.2) is 45.5 Å². The summed E-state index contributed by atoms with van der Waals surface area (Å²) in [6, 6.07) is 1.55. The van der Waals surface area contributed by atoms with Gasteiger partial charge in [-0.15, -0.1) is 0 Å². The van der Waals surface area contributed by atoms with Crippen LogP contribution in [0.5, 0.6) is 0 Å². The molecule has 0 aliphatic carbocycles.